The molecule has 16 heteroatoms. The minimum atomic E-state index is -4.52. The van der Waals surface area contributed by atoms with E-state index in [1.165, 1.54) is 23.1 Å². The van der Waals surface area contributed by atoms with E-state index in [2.05, 4.69) is 30.7 Å². The summed E-state index contributed by atoms with van der Waals surface area (Å²) in [5, 5.41) is 34.1. The highest BCUT2D eigenvalue weighted by Gasteiger charge is 2.37. The predicted molar refractivity (Wildman–Crippen MR) is 127 cm³/mol. The van der Waals surface area contributed by atoms with E-state index < -0.39 is 35.8 Å². The Hall–Kier alpha value is -4.18. The maximum absolute atomic E-state index is 13.0. The SMILES string of the molecule is CN(C)c1nc(C(=O)NCc2cccc(C(F)(F)F)c2)cc(-c2nnn(CC(O)(CCCN)C(=O)O)n2)n1. The van der Waals surface area contributed by atoms with Gasteiger partial charge in [0.1, 0.15) is 17.9 Å². The molecule has 2 heterocycles. The van der Waals surface area contributed by atoms with Gasteiger partial charge in [-0.25, -0.2) is 14.8 Å². The molecule has 0 saturated heterocycles. The van der Waals surface area contributed by atoms with Crippen molar-refractivity contribution in [3.63, 3.8) is 0 Å². The van der Waals surface area contributed by atoms with Crippen LogP contribution in [0.2, 0.25) is 0 Å². The minimum absolute atomic E-state index is 0.0694. The van der Waals surface area contributed by atoms with Crippen molar-refractivity contribution in [1.82, 2.24) is 35.5 Å². The summed E-state index contributed by atoms with van der Waals surface area (Å²) in [6, 6.07) is 5.81. The van der Waals surface area contributed by atoms with Gasteiger partial charge in [0.05, 0.1) is 5.56 Å². The molecule has 3 rings (SSSR count). The highest BCUT2D eigenvalue weighted by molar-refractivity contribution is 5.93. The smallest absolute Gasteiger partial charge is 0.416 e. The fourth-order valence-electron chi connectivity index (χ4n) is 3.29. The minimum Gasteiger partial charge on any atom is -0.479 e. The van der Waals surface area contributed by atoms with Gasteiger partial charge in [-0.1, -0.05) is 12.1 Å². The van der Waals surface area contributed by atoms with Gasteiger partial charge in [-0.2, -0.15) is 18.0 Å². The first-order chi connectivity index (χ1) is 17.8. The molecule has 204 valence electrons. The molecule has 3 aromatic rings. The normalized spacial score (nSPS) is 13.1. The van der Waals surface area contributed by atoms with Crippen LogP contribution in [0.1, 0.15) is 34.5 Å². The van der Waals surface area contributed by atoms with Crippen LogP contribution in [0, 0.1) is 0 Å². The number of benzene rings is 1. The molecule has 38 heavy (non-hydrogen) atoms. The molecular weight excluding hydrogens is 511 g/mol. The quantitative estimate of drug-likeness (QED) is 0.270. The van der Waals surface area contributed by atoms with Crippen molar-refractivity contribution in [2.75, 3.05) is 25.5 Å². The van der Waals surface area contributed by atoms with Gasteiger partial charge in [-0.05, 0) is 48.4 Å². The lowest BCUT2D eigenvalue weighted by molar-refractivity contribution is -0.161. The summed E-state index contributed by atoms with van der Waals surface area (Å²) in [5.74, 6) is -2.13. The summed E-state index contributed by atoms with van der Waals surface area (Å²) in [6.45, 7) is -0.520. The Balaban J connectivity index is 1.83. The van der Waals surface area contributed by atoms with Gasteiger partial charge >= 0.3 is 12.1 Å². The molecule has 5 N–H and O–H groups in total. The topological polar surface area (TPSA) is 185 Å². The number of aliphatic carboxylic acids is 1. The zero-order valence-electron chi connectivity index (χ0n) is 20.5. The van der Waals surface area contributed by atoms with E-state index in [4.69, 9.17) is 5.73 Å². The van der Waals surface area contributed by atoms with E-state index in [0.717, 1.165) is 16.9 Å². The van der Waals surface area contributed by atoms with Gasteiger partial charge < -0.3 is 26.2 Å². The number of nitrogens with two attached hydrogens (primary N) is 1. The van der Waals surface area contributed by atoms with E-state index in [1.807, 2.05) is 0 Å². The van der Waals surface area contributed by atoms with Gasteiger partial charge in [0.25, 0.3) is 5.91 Å². The first kappa shape index (κ1) is 28.4. The Labute approximate surface area is 214 Å². The summed E-state index contributed by atoms with van der Waals surface area (Å²) >= 11 is 0. The van der Waals surface area contributed by atoms with Gasteiger partial charge in [0.15, 0.2) is 5.60 Å². The number of carbonyl (C=O) groups is 2. The molecule has 0 bridgehead atoms. The summed E-state index contributed by atoms with van der Waals surface area (Å²) < 4.78 is 38.9. The molecule has 0 radical (unpaired) electrons. The second kappa shape index (κ2) is 11.5. The average Bonchev–Trinajstić information content (AvgIpc) is 3.33. The molecule has 1 unspecified atom stereocenters. The Morgan fingerprint density at radius 2 is 1.92 bits per heavy atom. The van der Waals surface area contributed by atoms with Gasteiger partial charge in [0, 0.05) is 20.6 Å². The molecule has 0 fully saturated rings. The Kier molecular flexibility index (Phi) is 8.57. The van der Waals surface area contributed by atoms with Crippen molar-refractivity contribution >= 4 is 17.8 Å². The second-order valence-electron chi connectivity index (χ2n) is 8.59. The van der Waals surface area contributed by atoms with Crippen molar-refractivity contribution in [1.29, 1.82) is 0 Å². The number of alkyl halides is 3. The maximum atomic E-state index is 13.0. The molecule has 0 aliphatic rings. The molecule has 2 aromatic heterocycles. The van der Waals surface area contributed by atoms with Crippen LogP contribution in [-0.4, -0.2) is 78.5 Å². The van der Waals surface area contributed by atoms with Crippen LogP contribution in [-0.2, 0) is 24.1 Å². The van der Waals surface area contributed by atoms with Crippen LogP contribution >= 0.6 is 0 Å². The monoisotopic (exact) mass is 537 g/mol. The number of carbonyl (C=O) groups excluding carboxylic acids is 1. The number of nitrogens with one attached hydrogen (secondary N) is 1. The molecule has 13 nitrogen and oxygen atoms in total. The van der Waals surface area contributed by atoms with Crippen molar-refractivity contribution in [3.8, 4) is 11.5 Å². The van der Waals surface area contributed by atoms with Crippen LogP contribution in [0.3, 0.4) is 0 Å². The van der Waals surface area contributed by atoms with E-state index in [0.29, 0.717) is 0 Å². The Morgan fingerprint density at radius 3 is 2.55 bits per heavy atom. The number of nitrogens with zero attached hydrogens (tertiary/aromatic N) is 7. The number of hydrogen-bond acceptors (Lipinski definition) is 10. The zero-order chi connectivity index (χ0) is 28.1. The first-order valence-electron chi connectivity index (χ1n) is 11.3. The third-order valence-electron chi connectivity index (χ3n) is 5.33. The van der Waals surface area contributed by atoms with Crippen molar-refractivity contribution in [3.05, 3.63) is 47.2 Å². The fraction of sp³-hybridized carbons (Fsp3) is 0.409. The molecular formula is C22H26F3N9O4. The lowest BCUT2D eigenvalue weighted by Crippen LogP contribution is -2.43. The van der Waals surface area contributed by atoms with E-state index in [1.54, 1.807) is 14.1 Å². The number of halogens is 3. The maximum Gasteiger partial charge on any atom is 0.416 e. The average molecular weight is 538 g/mol. The van der Waals surface area contributed by atoms with E-state index in [9.17, 15) is 33.0 Å². The predicted octanol–water partition coefficient (Wildman–Crippen LogP) is 0.699. The van der Waals surface area contributed by atoms with Crippen LogP contribution < -0.4 is 16.0 Å². The highest BCUT2D eigenvalue weighted by atomic mass is 19.4. The first-order valence-corrected chi connectivity index (χ1v) is 11.3. The van der Waals surface area contributed by atoms with Crippen molar-refractivity contribution < 1.29 is 33.0 Å². The summed E-state index contributed by atoms with van der Waals surface area (Å²) in [6.07, 6.45) is -4.40. The molecule has 1 amide bonds. The van der Waals surface area contributed by atoms with Crippen molar-refractivity contribution in [2.24, 2.45) is 5.73 Å². The highest BCUT2D eigenvalue weighted by Crippen LogP contribution is 2.29. The molecule has 0 aliphatic carbocycles. The van der Waals surface area contributed by atoms with Crippen LogP contribution in [0.4, 0.5) is 19.1 Å². The number of amides is 1. The van der Waals surface area contributed by atoms with Crippen molar-refractivity contribution in [2.45, 2.75) is 37.7 Å². The lowest BCUT2D eigenvalue weighted by atomic mass is 9.98. The molecule has 1 aromatic carbocycles. The number of aliphatic hydroxyl groups is 1. The molecule has 1 atom stereocenters. The third kappa shape index (κ3) is 6.98. The van der Waals surface area contributed by atoms with Gasteiger partial charge in [0.2, 0.25) is 11.8 Å². The number of aromatic nitrogens is 6. The third-order valence-corrected chi connectivity index (χ3v) is 5.33. The van der Waals surface area contributed by atoms with Gasteiger partial charge in [-0.15, -0.1) is 10.2 Å². The number of hydrogen-bond donors (Lipinski definition) is 4. The summed E-state index contributed by atoms with van der Waals surface area (Å²) in [4.78, 5) is 35.2. The van der Waals surface area contributed by atoms with Crippen LogP contribution in [0.5, 0.6) is 0 Å². The molecule has 0 saturated carbocycles. The van der Waals surface area contributed by atoms with Gasteiger partial charge in [-0.3, -0.25) is 4.79 Å². The second-order valence-corrected chi connectivity index (χ2v) is 8.59. The number of carboxylic acids is 1. The van der Waals surface area contributed by atoms with E-state index >= 15 is 0 Å². The number of tetrazole rings is 1. The van der Waals surface area contributed by atoms with E-state index in [-0.39, 0.29) is 54.7 Å². The molecule has 0 aliphatic heterocycles. The summed E-state index contributed by atoms with van der Waals surface area (Å²) in [5.41, 5.74) is 2.59. The Bertz CT molecular complexity index is 1300. The largest absolute Gasteiger partial charge is 0.479 e. The van der Waals surface area contributed by atoms with Crippen LogP contribution in [0.25, 0.3) is 11.5 Å². The number of carboxylic acid groups (broad SMARTS) is 1. The number of anilines is 1. The fourth-order valence-corrected chi connectivity index (χ4v) is 3.29. The standard InChI is InChI=1S/C22H26F3N9O4/c1-33(2)20-28-15(17-30-32-34(31-17)12-21(38,19(36)37)7-4-8-26)10-16(29-20)18(35)27-11-13-5-3-6-14(9-13)22(23,24)25/h3,5-6,9-10,38H,4,7-8,11-12,26H2,1-2H3,(H,27,35)(H,36,37). The zero-order valence-corrected chi connectivity index (χ0v) is 20.5. The Morgan fingerprint density at radius 1 is 1.18 bits per heavy atom. The number of rotatable bonds is 11. The lowest BCUT2D eigenvalue weighted by Gasteiger charge is -2.21. The molecule has 0 spiro atoms. The summed E-state index contributed by atoms with van der Waals surface area (Å²) in [7, 11) is 3.25. The van der Waals surface area contributed by atoms with Crippen LogP contribution in [0.15, 0.2) is 30.3 Å².